The van der Waals surface area contributed by atoms with E-state index in [1.54, 1.807) is 17.6 Å². The first-order valence-corrected chi connectivity index (χ1v) is 6.79. The van der Waals surface area contributed by atoms with Crippen molar-refractivity contribution in [1.82, 2.24) is 9.38 Å². The van der Waals surface area contributed by atoms with Gasteiger partial charge in [-0.1, -0.05) is 29.8 Å². The van der Waals surface area contributed by atoms with E-state index in [1.807, 2.05) is 36.4 Å². The predicted octanol–water partition coefficient (Wildman–Crippen LogP) is 3.73. The van der Waals surface area contributed by atoms with E-state index in [2.05, 4.69) is 11.1 Å². The molecule has 0 radical (unpaired) electrons. The fourth-order valence-electron chi connectivity index (χ4n) is 2.35. The molecule has 2 aromatic heterocycles. The summed E-state index contributed by atoms with van der Waals surface area (Å²) in [5, 5.41) is 9.64. The molecule has 0 aliphatic heterocycles. The minimum Gasteiger partial charge on any atom is -0.497 e. The zero-order chi connectivity index (χ0) is 14.8. The van der Waals surface area contributed by atoms with Crippen LogP contribution in [0.5, 0.6) is 5.75 Å². The highest BCUT2D eigenvalue weighted by molar-refractivity contribution is 6.29. The molecular weight excluding hydrogens is 286 g/mol. The number of halogens is 1. The van der Waals surface area contributed by atoms with Gasteiger partial charge >= 0.3 is 0 Å². The summed E-state index contributed by atoms with van der Waals surface area (Å²) in [5.74, 6) is 0.749. The quantitative estimate of drug-likeness (QED) is 0.692. The third-order valence-corrected chi connectivity index (χ3v) is 3.58. The molecule has 0 unspecified atom stereocenters. The first kappa shape index (κ1) is 13.5. The van der Waals surface area contributed by atoms with Crippen LogP contribution in [-0.4, -0.2) is 16.5 Å². The number of methoxy groups -OCH3 is 1. The highest BCUT2D eigenvalue weighted by Gasteiger charge is 2.15. The fourth-order valence-corrected chi connectivity index (χ4v) is 2.61. The number of aromatic nitrogens is 2. The van der Waals surface area contributed by atoms with Gasteiger partial charge in [0.05, 0.1) is 31.0 Å². The number of imidazole rings is 1. The maximum absolute atomic E-state index is 9.10. The SMILES string of the molecule is COc1cccc(-c2nc3cccc(Cl)n3c2CC#N)c1. The lowest BCUT2D eigenvalue weighted by Crippen LogP contribution is -1.95. The monoisotopic (exact) mass is 297 g/mol. The minimum atomic E-state index is 0.234. The number of nitrogens with zero attached hydrogens (tertiary/aromatic N) is 3. The molecule has 4 nitrogen and oxygen atoms in total. The molecule has 0 N–H and O–H groups in total. The van der Waals surface area contributed by atoms with Gasteiger partial charge in [0.25, 0.3) is 0 Å². The summed E-state index contributed by atoms with van der Waals surface area (Å²) < 4.78 is 7.05. The second-order valence-corrected chi connectivity index (χ2v) is 4.90. The largest absolute Gasteiger partial charge is 0.497 e. The predicted molar refractivity (Wildman–Crippen MR) is 81.5 cm³/mol. The van der Waals surface area contributed by atoms with Gasteiger partial charge < -0.3 is 4.74 Å². The number of hydrogen-bond donors (Lipinski definition) is 0. The Labute approximate surface area is 127 Å². The lowest BCUT2D eigenvalue weighted by atomic mass is 10.1. The van der Waals surface area contributed by atoms with Crippen LogP contribution in [0.4, 0.5) is 0 Å². The average Bonchev–Trinajstić information content (AvgIpc) is 2.88. The Hall–Kier alpha value is -2.51. The Kier molecular flexibility index (Phi) is 3.51. The Morgan fingerprint density at radius 1 is 1.29 bits per heavy atom. The van der Waals surface area contributed by atoms with Gasteiger partial charge in [0.15, 0.2) is 0 Å². The summed E-state index contributed by atoms with van der Waals surface area (Å²) in [6.07, 6.45) is 0.234. The van der Waals surface area contributed by atoms with Gasteiger partial charge in [-0.25, -0.2) is 4.98 Å². The Morgan fingerprint density at radius 3 is 2.86 bits per heavy atom. The molecule has 3 aromatic rings. The molecule has 0 fully saturated rings. The third kappa shape index (κ3) is 2.32. The van der Waals surface area contributed by atoms with Crippen LogP contribution >= 0.6 is 11.6 Å². The summed E-state index contributed by atoms with van der Waals surface area (Å²) in [7, 11) is 1.62. The molecule has 5 heteroatoms. The molecule has 1 aromatic carbocycles. The fraction of sp³-hybridized carbons (Fsp3) is 0.125. The van der Waals surface area contributed by atoms with Crippen LogP contribution in [0.2, 0.25) is 5.15 Å². The van der Waals surface area contributed by atoms with Crippen molar-refractivity contribution in [2.75, 3.05) is 7.11 Å². The highest BCUT2D eigenvalue weighted by atomic mass is 35.5. The van der Waals surface area contributed by atoms with Crippen LogP contribution < -0.4 is 4.74 Å². The number of hydrogen-bond acceptors (Lipinski definition) is 3. The summed E-state index contributed by atoms with van der Waals surface area (Å²) in [6, 6.07) is 15.3. The molecule has 104 valence electrons. The molecule has 0 amide bonds. The van der Waals surface area contributed by atoms with Crippen molar-refractivity contribution in [2.45, 2.75) is 6.42 Å². The van der Waals surface area contributed by atoms with Crippen LogP contribution in [0, 0.1) is 11.3 Å². The Balaban J connectivity index is 2.29. The van der Waals surface area contributed by atoms with Crippen LogP contribution in [0.25, 0.3) is 16.9 Å². The topological polar surface area (TPSA) is 50.3 Å². The van der Waals surface area contributed by atoms with Crippen molar-refractivity contribution < 1.29 is 4.74 Å². The molecule has 3 rings (SSSR count). The second kappa shape index (κ2) is 5.47. The number of fused-ring (bicyclic) bond motifs is 1. The number of pyridine rings is 1. The van der Waals surface area contributed by atoms with Crippen molar-refractivity contribution in [2.24, 2.45) is 0 Å². The standard InChI is InChI=1S/C16H12ClN3O/c1-21-12-5-2-4-11(10-12)16-13(8-9-18)20-14(17)6-3-7-15(20)19-16/h2-7,10H,8H2,1H3. The van der Waals surface area contributed by atoms with Crippen LogP contribution in [-0.2, 0) is 6.42 Å². The molecule has 21 heavy (non-hydrogen) atoms. The van der Waals surface area contributed by atoms with Gasteiger partial charge in [0.1, 0.15) is 16.5 Å². The smallest absolute Gasteiger partial charge is 0.138 e. The van der Waals surface area contributed by atoms with E-state index in [-0.39, 0.29) is 6.42 Å². The molecule has 0 aliphatic rings. The third-order valence-electron chi connectivity index (χ3n) is 3.28. The van der Waals surface area contributed by atoms with Crippen molar-refractivity contribution in [3.05, 3.63) is 53.3 Å². The number of ether oxygens (including phenoxy) is 1. The van der Waals surface area contributed by atoms with Crippen molar-refractivity contribution in [3.8, 4) is 23.1 Å². The van der Waals surface area contributed by atoms with Crippen LogP contribution in [0.3, 0.4) is 0 Å². The van der Waals surface area contributed by atoms with Gasteiger partial charge in [-0.3, -0.25) is 4.40 Å². The summed E-state index contributed by atoms with van der Waals surface area (Å²) in [4.78, 5) is 4.61. The normalized spacial score (nSPS) is 10.5. The van der Waals surface area contributed by atoms with E-state index in [4.69, 9.17) is 21.6 Å². The molecule has 0 aliphatic carbocycles. The minimum absolute atomic E-state index is 0.234. The van der Waals surface area contributed by atoms with E-state index < -0.39 is 0 Å². The van der Waals surface area contributed by atoms with E-state index >= 15 is 0 Å². The summed E-state index contributed by atoms with van der Waals surface area (Å²) in [6.45, 7) is 0. The van der Waals surface area contributed by atoms with Crippen molar-refractivity contribution in [1.29, 1.82) is 5.26 Å². The maximum Gasteiger partial charge on any atom is 0.138 e. The molecule has 0 saturated carbocycles. The highest BCUT2D eigenvalue weighted by Crippen LogP contribution is 2.29. The van der Waals surface area contributed by atoms with Gasteiger partial charge in [-0.05, 0) is 24.3 Å². The summed E-state index contributed by atoms with van der Waals surface area (Å²) in [5.41, 5.74) is 3.17. The zero-order valence-corrected chi connectivity index (χ0v) is 12.1. The average molecular weight is 298 g/mol. The van der Waals surface area contributed by atoms with Crippen molar-refractivity contribution >= 4 is 17.2 Å². The molecule has 0 spiro atoms. The molecule has 0 atom stereocenters. The summed E-state index contributed by atoms with van der Waals surface area (Å²) >= 11 is 6.25. The molecule has 0 bridgehead atoms. The lowest BCUT2D eigenvalue weighted by Gasteiger charge is -2.05. The van der Waals surface area contributed by atoms with E-state index in [0.717, 1.165) is 28.3 Å². The van der Waals surface area contributed by atoms with Gasteiger partial charge in [-0.2, -0.15) is 5.26 Å². The number of nitriles is 1. The van der Waals surface area contributed by atoms with E-state index in [1.165, 1.54) is 0 Å². The number of rotatable bonds is 3. The molecule has 2 heterocycles. The lowest BCUT2D eigenvalue weighted by molar-refractivity contribution is 0.415. The Bertz CT molecular complexity index is 848. The van der Waals surface area contributed by atoms with E-state index in [0.29, 0.717) is 5.15 Å². The Morgan fingerprint density at radius 2 is 2.10 bits per heavy atom. The van der Waals surface area contributed by atoms with Gasteiger partial charge in [0, 0.05) is 5.56 Å². The van der Waals surface area contributed by atoms with Crippen LogP contribution in [0.1, 0.15) is 5.69 Å². The molecular formula is C16H12ClN3O. The van der Waals surface area contributed by atoms with Gasteiger partial charge in [-0.15, -0.1) is 0 Å². The van der Waals surface area contributed by atoms with Gasteiger partial charge in [0.2, 0.25) is 0 Å². The van der Waals surface area contributed by atoms with Crippen LogP contribution in [0.15, 0.2) is 42.5 Å². The van der Waals surface area contributed by atoms with Crippen molar-refractivity contribution in [3.63, 3.8) is 0 Å². The zero-order valence-electron chi connectivity index (χ0n) is 11.4. The van der Waals surface area contributed by atoms with E-state index in [9.17, 15) is 0 Å². The first-order valence-electron chi connectivity index (χ1n) is 6.42. The second-order valence-electron chi connectivity index (χ2n) is 4.52. The first-order chi connectivity index (χ1) is 10.2. The maximum atomic E-state index is 9.10. The molecule has 0 saturated heterocycles. The number of benzene rings is 1.